The molecule has 1 saturated heterocycles. The van der Waals surface area contributed by atoms with E-state index in [0.717, 1.165) is 32.4 Å². The van der Waals surface area contributed by atoms with E-state index < -0.39 is 0 Å². The summed E-state index contributed by atoms with van der Waals surface area (Å²) >= 11 is 1.30. The molecule has 6 nitrogen and oxygen atoms in total. The number of amides is 1. The Bertz CT molecular complexity index is 470. The number of nitrogens with one attached hydrogen (secondary N) is 2. The van der Waals surface area contributed by atoms with Crippen molar-refractivity contribution in [2.75, 3.05) is 30.7 Å². The van der Waals surface area contributed by atoms with Gasteiger partial charge in [0.2, 0.25) is 0 Å². The van der Waals surface area contributed by atoms with Crippen molar-refractivity contribution in [3.63, 3.8) is 0 Å². The van der Waals surface area contributed by atoms with Crippen LogP contribution in [-0.4, -0.2) is 36.7 Å². The van der Waals surface area contributed by atoms with Crippen LogP contribution in [0, 0.1) is 5.92 Å². The summed E-state index contributed by atoms with van der Waals surface area (Å²) in [6.07, 6.45) is 3.34. The molecular formula is C14H24N4O2S. The number of carbonyl (C=O) groups excluding carboxylic acids is 1. The number of nitrogens with zero attached hydrogens (tertiary/aromatic N) is 1. The van der Waals surface area contributed by atoms with Crippen molar-refractivity contribution >= 4 is 28.2 Å². The maximum atomic E-state index is 12.1. The summed E-state index contributed by atoms with van der Waals surface area (Å²) < 4.78 is 5.53. The molecule has 0 spiro atoms. The second kappa shape index (κ2) is 7.61. The molecule has 0 aliphatic carbocycles. The van der Waals surface area contributed by atoms with Gasteiger partial charge in [0.25, 0.3) is 5.91 Å². The van der Waals surface area contributed by atoms with Gasteiger partial charge < -0.3 is 21.1 Å². The Labute approximate surface area is 129 Å². The van der Waals surface area contributed by atoms with Crippen molar-refractivity contribution in [3.05, 3.63) is 4.88 Å². The molecule has 4 N–H and O–H groups in total. The molecule has 1 aromatic heterocycles. The summed E-state index contributed by atoms with van der Waals surface area (Å²) in [5, 5.41) is 6.78. The molecule has 118 valence electrons. The van der Waals surface area contributed by atoms with E-state index in [4.69, 9.17) is 10.5 Å². The van der Waals surface area contributed by atoms with Crippen LogP contribution in [0.15, 0.2) is 0 Å². The van der Waals surface area contributed by atoms with Gasteiger partial charge in [0.05, 0.1) is 6.10 Å². The highest BCUT2D eigenvalue weighted by Crippen LogP contribution is 2.25. The quantitative estimate of drug-likeness (QED) is 0.717. The zero-order chi connectivity index (χ0) is 15.2. The third kappa shape index (κ3) is 4.86. The van der Waals surface area contributed by atoms with Gasteiger partial charge in [-0.3, -0.25) is 4.79 Å². The topological polar surface area (TPSA) is 89.3 Å². The van der Waals surface area contributed by atoms with E-state index in [-0.39, 0.29) is 12.0 Å². The first-order valence-corrected chi connectivity index (χ1v) is 8.28. The lowest BCUT2D eigenvalue weighted by molar-refractivity contribution is 0.0911. The maximum Gasteiger partial charge on any atom is 0.265 e. The number of carbonyl (C=O) groups is 1. The molecule has 1 aliphatic rings. The zero-order valence-corrected chi connectivity index (χ0v) is 13.5. The lowest BCUT2D eigenvalue weighted by Crippen LogP contribution is -2.26. The standard InChI is InChI=1S/C14H24N4O2S/c1-9(2)8-17-14-18-12(15)11(21-14)13(19)16-6-5-10-4-3-7-20-10/h9-10H,3-8,15H2,1-2H3,(H,16,19)(H,17,18). The van der Waals surface area contributed by atoms with Crippen LogP contribution in [-0.2, 0) is 4.74 Å². The summed E-state index contributed by atoms with van der Waals surface area (Å²) in [5.74, 6) is 0.653. The highest BCUT2D eigenvalue weighted by molar-refractivity contribution is 7.18. The van der Waals surface area contributed by atoms with Gasteiger partial charge in [-0.1, -0.05) is 25.2 Å². The van der Waals surface area contributed by atoms with Gasteiger partial charge in [-0.2, -0.15) is 0 Å². The molecule has 0 bridgehead atoms. The minimum atomic E-state index is -0.152. The van der Waals surface area contributed by atoms with Crippen LogP contribution in [0.3, 0.4) is 0 Å². The van der Waals surface area contributed by atoms with Crippen LogP contribution >= 0.6 is 11.3 Å². The maximum absolute atomic E-state index is 12.1. The lowest BCUT2D eigenvalue weighted by atomic mass is 10.2. The Kier molecular flexibility index (Phi) is 5.81. The second-order valence-corrected chi connectivity index (χ2v) is 6.69. The number of ether oxygens (including phenoxy) is 1. The molecule has 0 radical (unpaired) electrons. The number of nitrogen functional groups attached to an aromatic ring is 1. The third-order valence-electron chi connectivity index (χ3n) is 3.30. The Hall–Kier alpha value is -1.34. The summed E-state index contributed by atoms with van der Waals surface area (Å²) in [6, 6.07) is 0. The van der Waals surface area contributed by atoms with Gasteiger partial charge >= 0.3 is 0 Å². The number of rotatable bonds is 7. The van der Waals surface area contributed by atoms with Crippen molar-refractivity contribution in [3.8, 4) is 0 Å². The molecule has 7 heteroatoms. The van der Waals surface area contributed by atoms with Crippen molar-refractivity contribution in [1.29, 1.82) is 0 Å². The fourth-order valence-electron chi connectivity index (χ4n) is 2.16. The average molecular weight is 312 g/mol. The predicted octanol–water partition coefficient (Wildman–Crippen LogP) is 2.09. The molecule has 1 amide bonds. The van der Waals surface area contributed by atoms with E-state index >= 15 is 0 Å². The molecule has 1 aromatic rings. The largest absolute Gasteiger partial charge is 0.382 e. The lowest BCUT2D eigenvalue weighted by Gasteiger charge is -2.09. The molecule has 0 aromatic carbocycles. The summed E-state index contributed by atoms with van der Waals surface area (Å²) in [4.78, 5) is 16.8. The summed E-state index contributed by atoms with van der Waals surface area (Å²) in [6.45, 7) is 6.49. The number of hydrogen-bond acceptors (Lipinski definition) is 6. The van der Waals surface area contributed by atoms with Gasteiger partial charge in [-0.05, 0) is 25.2 Å². The summed E-state index contributed by atoms with van der Waals surface area (Å²) in [7, 11) is 0. The minimum Gasteiger partial charge on any atom is -0.382 e. The van der Waals surface area contributed by atoms with E-state index in [1.807, 2.05) is 0 Å². The molecule has 2 rings (SSSR count). The van der Waals surface area contributed by atoms with Crippen LogP contribution < -0.4 is 16.4 Å². The second-order valence-electron chi connectivity index (χ2n) is 5.69. The molecule has 1 aliphatic heterocycles. The fraction of sp³-hybridized carbons (Fsp3) is 0.714. The number of aromatic nitrogens is 1. The molecular weight excluding hydrogens is 288 g/mol. The van der Waals surface area contributed by atoms with Crippen LogP contribution in [0.25, 0.3) is 0 Å². The molecule has 1 fully saturated rings. The summed E-state index contributed by atoms with van der Waals surface area (Å²) in [5.41, 5.74) is 5.82. The van der Waals surface area contributed by atoms with E-state index in [1.165, 1.54) is 11.3 Å². The van der Waals surface area contributed by atoms with Gasteiger partial charge in [-0.15, -0.1) is 0 Å². The van der Waals surface area contributed by atoms with Gasteiger partial charge in [-0.25, -0.2) is 4.98 Å². The number of nitrogens with two attached hydrogens (primary N) is 1. The number of hydrogen-bond donors (Lipinski definition) is 3. The first-order valence-electron chi connectivity index (χ1n) is 7.46. The third-order valence-corrected chi connectivity index (χ3v) is 4.32. The monoisotopic (exact) mass is 312 g/mol. The Morgan fingerprint density at radius 3 is 3.05 bits per heavy atom. The van der Waals surface area contributed by atoms with Gasteiger partial charge in [0.15, 0.2) is 5.13 Å². The van der Waals surface area contributed by atoms with Crippen molar-refractivity contribution in [2.24, 2.45) is 5.92 Å². The SMILES string of the molecule is CC(C)CNc1nc(N)c(C(=O)NCCC2CCCO2)s1. The van der Waals surface area contributed by atoms with E-state index in [2.05, 4.69) is 29.5 Å². The van der Waals surface area contributed by atoms with E-state index in [9.17, 15) is 4.79 Å². The van der Waals surface area contributed by atoms with Gasteiger partial charge in [0.1, 0.15) is 10.7 Å². The smallest absolute Gasteiger partial charge is 0.265 e. The molecule has 1 unspecified atom stereocenters. The fourth-order valence-corrected chi connectivity index (χ4v) is 2.97. The molecule has 21 heavy (non-hydrogen) atoms. The van der Waals surface area contributed by atoms with Crippen LogP contribution in [0.2, 0.25) is 0 Å². The number of anilines is 2. The van der Waals surface area contributed by atoms with Crippen LogP contribution in [0.1, 0.15) is 42.8 Å². The first kappa shape index (κ1) is 16.0. The van der Waals surface area contributed by atoms with Crippen molar-refractivity contribution in [2.45, 2.75) is 39.2 Å². The first-order chi connectivity index (χ1) is 10.1. The molecule has 2 heterocycles. The van der Waals surface area contributed by atoms with E-state index in [1.54, 1.807) is 0 Å². The highest BCUT2D eigenvalue weighted by Gasteiger charge is 2.18. The van der Waals surface area contributed by atoms with Crippen LogP contribution in [0.5, 0.6) is 0 Å². The Balaban J connectivity index is 1.80. The minimum absolute atomic E-state index is 0.152. The van der Waals surface area contributed by atoms with Crippen molar-refractivity contribution < 1.29 is 9.53 Å². The van der Waals surface area contributed by atoms with E-state index in [0.29, 0.717) is 28.3 Å². The Morgan fingerprint density at radius 2 is 2.38 bits per heavy atom. The molecule has 0 saturated carbocycles. The average Bonchev–Trinajstić information content (AvgIpc) is 3.06. The molecule has 1 atom stereocenters. The van der Waals surface area contributed by atoms with Gasteiger partial charge in [0, 0.05) is 19.7 Å². The predicted molar refractivity (Wildman–Crippen MR) is 85.8 cm³/mol. The number of thiazole rings is 1. The normalized spacial score (nSPS) is 18.1. The van der Waals surface area contributed by atoms with Crippen LogP contribution in [0.4, 0.5) is 10.9 Å². The van der Waals surface area contributed by atoms with Crippen molar-refractivity contribution in [1.82, 2.24) is 10.3 Å². The Morgan fingerprint density at radius 1 is 1.57 bits per heavy atom. The zero-order valence-electron chi connectivity index (χ0n) is 12.6. The highest BCUT2D eigenvalue weighted by atomic mass is 32.1.